The maximum atomic E-state index is 11.7. The quantitative estimate of drug-likeness (QED) is 0.626. The summed E-state index contributed by atoms with van der Waals surface area (Å²) in [5.74, 6) is 0.920. The first-order valence-corrected chi connectivity index (χ1v) is 6.56. The Bertz CT molecular complexity index is 352. The van der Waals surface area contributed by atoms with E-state index in [-0.39, 0.29) is 5.91 Å². The van der Waals surface area contributed by atoms with Crippen LogP contribution in [-0.4, -0.2) is 24.5 Å². The molecule has 0 saturated carbocycles. The van der Waals surface area contributed by atoms with Gasteiger partial charge in [-0.25, -0.2) is 0 Å². The van der Waals surface area contributed by atoms with Gasteiger partial charge >= 0.3 is 0 Å². The minimum absolute atomic E-state index is 0.0162. The summed E-state index contributed by atoms with van der Waals surface area (Å²) in [5.41, 5.74) is 1.69. The molecule has 0 spiro atoms. The van der Waals surface area contributed by atoms with Crippen molar-refractivity contribution >= 4 is 30.3 Å². The third kappa shape index (κ3) is 3.80. The van der Waals surface area contributed by atoms with Crippen molar-refractivity contribution < 1.29 is 4.79 Å². The molecule has 0 aliphatic carbocycles. The molecule has 1 aromatic carbocycles. The number of hydrogen-bond acceptors (Lipinski definition) is 3. The van der Waals surface area contributed by atoms with E-state index in [2.05, 4.69) is 17.9 Å². The number of aryl methyl sites for hydroxylation is 1. The monoisotopic (exact) mass is 241 g/mol. The summed E-state index contributed by atoms with van der Waals surface area (Å²) >= 11 is 5.94. The molecule has 0 aliphatic heterocycles. The SMILES string of the molecule is CSCCNC(=O)c1cc(S)ccc1C. The number of nitrogens with one attached hydrogen (secondary N) is 1. The number of hydrogen-bond donors (Lipinski definition) is 2. The summed E-state index contributed by atoms with van der Waals surface area (Å²) in [7, 11) is 0. The van der Waals surface area contributed by atoms with Crippen molar-refractivity contribution in [1.82, 2.24) is 5.32 Å². The second-order valence-electron chi connectivity index (χ2n) is 3.25. The number of thioether (sulfide) groups is 1. The van der Waals surface area contributed by atoms with Crippen molar-refractivity contribution in [3.8, 4) is 0 Å². The van der Waals surface area contributed by atoms with Crippen molar-refractivity contribution in [1.29, 1.82) is 0 Å². The number of carbonyl (C=O) groups is 1. The van der Waals surface area contributed by atoms with E-state index < -0.39 is 0 Å². The Morgan fingerprint density at radius 1 is 1.53 bits per heavy atom. The molecule has 0 fully saturated rings. The maximum Gasteiger partial charge on any atom is 0.251 e. The van der Waals surface area contributed by atoms with E-state index in [4.69, 9.17) is 0 Å². The molecule has 0 unspecified atom stereocenters. The van der Waals surface area contributed by atoms with Gasteiger partial charge in [-0.05, 0) is 30.9 Å². The van der Waals surface area contributed by atoms with Crippen molar-refractivity contribution in [2.75, 3.05) is 18.6 Å². The second-order valence-corrected chi connectivity index (χ2v) is 4.75. The molecular weight excluding hydrogens is 226 g/mol. The summed E-state index contributed by atoms with van der Waals surface area (Å²) in [6, 6.07) is 5.59. The summed E-state index contributed by atoms with van der Waals surface area (Å²) in [6.07, 6.45) is 2.02. The molecule has 4 heteroatoms. The number of carbonyl (C=O) groups excluding carboxylic acids is 1. The van der Waals surface area contributed by atoms with Gasteiger partial charge in [0.2, 0.25) is 0 Å². The van der Waals surface area contributed by atoms with Crippen LogP contribution in [0.15, 0.2) is 23.1 Å². The molecule has 0 atom stereocenters. The normalized spacial score (nSPS) is 10.1. The van der Waals surface area contributed by atoms with Crippen LogP contribution < -0.4 is 5.32 Å². The van der Waals surface area contributed by atoms with Crippen LogP contribution in [0.1, 0.15) is 15.9 Å². The summed E-state index contributed by atoms with van der Waals surface area (Å²) in [6.45, 7) is 2.63. The Hall–Kier alpha value is -0.610. The highest BCUT2D eigenvalue weighted by molar-refractivity contribution is 7.98. The third-order valence-corrected chi connectivity index (χ3v) is 2.95. The molecule has 0 radical (unpaired) electrons. The van der Waals surface area contributed by atoms with Crippen LogP contribution in [0.25, 0.3) is 0 Å². The third-order valence-electron chi connectivity index (χ3n) is 2.06. The first-order valence-electron chi connectivity index (χ1n) is 4.72. The van der Waals surface area contributed by atoms with Crippen LogP contribution in [0.2, 0.25) is 0 Å². The second kappa shape index (κ2) is 6.08. The van der Waals surface area contributed by atoms with Gasteiger partial charge in [-0.1, -0.05) is 6.07 Å². The van der Waals surface area contributed by atoms with Crippen molar-refractivity contribution in [3.05, 3.63) is 29.3 Å². The predicted octanol–water partition coefficient (Wildman–Crippen LogP) is 2.38. The Kier molecular flexibility index (Phi) is 5.05. The highest BCUT2D eigenvalue weighted by Gasteiger charge is 2.07. The predicted molar refractivity (Wildman–Crippen MR) is 69.1 cm³/mol. The average Bonchev–Trinajstić information content (AvgIpc) is 2.22. The van der Waals surface area contributed by atoms with Crippen molar-refractivity contribution in [3.63, 3.8) is 0 Å². The molecule has 2 nitrogen and oxygen atoms in total. The average molecular weight is 241 g/mol. The van der Waals surface area contributed by atoms with Gasteiger partial charge in [0.25, 0.3) is 5.91 Å². The molecule has 1 aromatic rings. The zero-order chi connectivity index (χ0) is 11.3. The van der Waals surface area contributed by atoms with Gasteiger partial charge in [-0.3, -0.25) is 4.79 Å². The lowest BCUT2D eigenvalue weighted by Gasteiger charge is -2.07. The van der Waals surface area contributed by atoms with Gasteiger partial charge < -0.3 is 5.32 Å². The summed E-state index contributed by atoms with van der Waals surface area (Å²) in [4.78, 5) is 12.6. The topological polar surface area (TPSA) is 29.1 Å². The molecule has 0 aromatic heterocycles. The molecule has 15 heavy (non-hydrogen) atoms. The van der Waals surface area contributed by atoms with Gasteiger partial charge in [-0.2, -0.15) is 11.8 Å². The fourth-order valence-corrected chi connectivity index (χ4v) is 1.73. The molecule has 82 valence electrons. The molecule has 0 saturated heterocycles. The summed E-state index contributed by atoms with van der Waals surface area (Å²) < 4.78 is 0. The first-order chi connectivity index (χ1) is 7.15. The fraction of sp³-hybridized carbons (Fsp3) is 0.364. The highest BCUT2D eigenvalue weighted by atomic mass is 32.2. The van der Waals surface area contributed by atoms with Gasteiger partial charge in [0.15, 0.2) is 0 Å². The number of amides is 1. The lowest BCUT2D eigenvalue weighted by atomic mass is 10.1. The number of benzene rings is 1. The van der Waals surface area contributed by atoms with Crippen LogP contribution in [0.3, 0.4) is 0 Å². The van der Waals surface area contributed by atoms with E-state index in [1.165, 1.54) is 0 Å². The Morgan fingerprint density at radius 3 is 2.93 bits per heavy atom. The number of rotatable bonds is 4. The molecule has 1 N–H and O–H groups in total. The standard InChI is InChI=1S/C11H15NOS2/c1-8-3-4-9(14)7-10(8)11(13)12-5-6-15-2/h3-4,7,14H,5-6H2,1-2H3,(H,12,13). The van der Waals surface area contributed by atoms with Crippen LogP contribution in [-0.2, 0) is 0 Å². The smallest absolute Gasteiger partial charge is 0.251 e. The fourth-order valence-electron chi connectivity index (χ4n) is 1.22. The van der Waals surface area contributed by atoms with Gasteiger partial charge in [0.05, 0.1) is 0 Å². The van der Waals surface area contributed by atoms with E-state index in [0.717, 1.165) is 16.2 Å². The van der Waals surface area contributed by atoms with Crippen LogP contribution in [0.4, 0.5) is 0 Å². The lowest BCUT2D eigenvalue weighted by molar-refractivity contribution is 0.0955. The first kappa shape index (κ1) is 12.5. The Balaban J connectivity index is 2.68. The minimum Gasteiger partial charge on any atom is -0.351 e. The molecule has 1 amide bonds. The van der Waals surface area contributed by atoms with Gasteiger partial charge in [0.1, 0.15) is 0 Å². The Morgan fingerprint density at radius 2 is 2.27 bits per heavy atom. The van der Waals surface area contributed by atoms with Crippen LogP contribution in [0.5, 0.6) is 0 Å². The van der Waals surface area contributed by atoms with E-state index >= 15 is 0 Å². The molecule has 0 bridgehead atoms. The summed E-state index contributed by atoms with van der Waals surface area (Å²) in [5, 5.41) is 2.87. The zero-order valence-corrected chi connectivity index (χ0v) is 10.6. The molecule has 1 rings (SSSR count). The molecule has 0 aliphatic rings. The van der Waals surface area contributed by atoms with Gasteiger partial charge in [0, 0.05) is 22.8 Å². The number of thiol groups is 1. The highest BCUT2D eigenvalue weighted by Crippen LogP contribution is 2.13. The van der Waals surface area contributed by atoms with E-state index in [0.29, 0.717) is 12.1 Å². The van der Waals surface area contributed by atoms with Crippen LogP contribution in [0, 0.1) is 6.92 Å². The zero-order valence-electron chi connectivity index (χ0n) is 8.91. The van der Waals surface area contributed by atoms with Gasteiger partial charge in [-0.15, -0.1) is 12.6 Å². The lowest BCUT2D eigenvalue weighted by Crippen LogP contribution is -2.26. The largest absolute Gasteiger partial charge is 0.351 e. The van der Waals surface area contributed by atoms with Crippen LogP contribution >= 0.6 is 24.4 Å². The van der Waals surface area contributed by atoms with E-state index in [1.54, 1.807) is 17.8 Å². The van der Waals surface area contributed by atoms with Crippen molar-refractivity contribution in [2.45, 2.75) is 11.8 Å². The Labute approximate surface area is 100 Å². The molecule has 0 heterocycles. The molecular formula is C11H15NOS2. The van der Waals surface area contributed by atoms with Crippen molar-refractivity contribution in [2.24, 2.45) is 0 Å². The maximum absolute atomic E-state index is 11.7. The minimum atomic E-state index is -0.0162. The van der Waals surface area contributed by atoms with E-state index in [9.17, 15) is 4.79 Å². The van der Waals surface area contributed by atoms with E-state index in [1.807, 2.05) is 25.3 Å².